The highest BCUT2D eigenvalue weighted by Crippen LogP contribution is 2.71. The molecule has 0 radical (unpaired) electrons. The van der Waals surface area contributed by atoms with E-state index in [0.717, 1.165) is 30.6 Å². The van der Waals surface area contributed by atoms with Gasteiger partial charge in [-0.05, 0) is 80.2 Å². The van der Waals surface area contributed by atoms with Crippen LogP contribution in [0.2, 0.25) is 0 Å². The lowest BCUT2D eigenvalue weighted by atomic mass is 9.73. The molecular formula is C18H31O5PS2. The van der Waals surface area contributed by atoms with Gasteiger partial charge in [-0.25, -0.2) is 5.26 Å². The molecule has 1 aliphatic heterocycles. The van der Waals surface area contributed by atoms with E-state index in [0.29, 0.717) is 35.6 Å². The van der Waals surface area contributed by atoms with Gasteiger partial charge in [0.1, 0.15) is 0 Å². The van der Waals surface area contributed by atoms with Gasteiger partial charge in [0.15, 0.2) is 0 Å². The minimum absolute atomic E-state index is 0.0504. The van der Waals surface area contributed by atoms with Gasteiger partial charge in [-0.3, -0.25) is 4.55 Å². The molecule has 7 atom stereocenters. The van der Waals surface area contributed by atoms with Crippen LogP contribution in [-0.2, 0) is 14.5 Å². The molecule has 0 aromatic rings. The predicted molar refractivity (Wildman–Crippen MR) is 106 cm³/mol. The van der Waals surface area contributed by atoms with E-state index in [1.54, 1.807) is 0 Å². The molecule has 2 N–H and O–H groups in total. The van der Waals surface area contributed by atoms with Crippen molar-refractivity contribution >= 4 is 30.1 Å². The molecule has 7 unspecified atom stereocenters. The van der Waals surface area contributed by atoms with Crippen molar-refractivity contribution in [2.24, 2.45) is 11.8 Å². The molecule has 4 rings (SSSR count). The average Bonchev–Trinajstić information content (AvgIpc) is 2.95. The maximum absolute atomic E-state index is 11.8. The van der Waals surface area contributed by atoms with E-state index in [1.807, 2.05) is 0 Å². The van der Waals surface area contributed by atoms with Gasteiger partial charge in [0.25, 0.3) is 10.1 Å². The number of hydrogen-bond acceptors (Lipinski definition) is 5. The second-order valence-electron chi connectivity index (χ2n) is 8.76. The standard InChI is InChI=1S/C18H31O5PS2/c19-23-25-13-6-8-17-15(10-13)16-11-14(26(20,21)22)7-9-18(16)24(17)12-4-2-1-3-5-12/h12-19H,1-11H2,(H,20,21,22). The van der Waals surface area contributed by atoms with Gasteiger partial charge < -0.3 is 0 Å². The molecule has 0 aromatic heterocycles. The highest BCUT2D eigenvalue weighted by atomic mass is 32.2. The van der Waals surface area contributed by atoms with Crippen LogP contribution in [0.5, 0.6) is 0 Å². The number of rotatable bonds is 4. The highest BCUT2D eigenvalue weighted by Gasteiger charge is 2.56. The Morgan fingerprint density at radius 3 is 2.19 bits per heavy atom. The largest absolute Gasteiger partial charge is 0.285 e. The SMILES string of the molecule is O=S(=O)(O)C1CCC2C(C1)C1CC(SOO)CCC1P2C1CCCCC1. The lowest BCUT2D eigenvalue weighted by Gasteiger charge is -2.40. The van der Waals surface area contributed by atoms with E-state index < -0.39 is 15.4 Å². The lowest BCUT2D eigenvalue weighted by molar-refractivity contribution is -0.117. The molecule has 8 heteroatoms. The van der Waals surface area contributed by atoms with Gasteiger partial charge in [-0.1, -0.05) is 27.2 Å². The maximum Gasteiger partial charge on any atom is 0.267 e. The van der Waals surface area contributed by atoms with Crippen LogP contribution < -0.4 is 0 Å². The van der Waals surface area contributed by atoms with Gasteiger partial charge in [0.05, 0.1) is 5.25 Å². The molecule has 150 valence electrons. The van der Waals surface area contributed by atoms with Crippen molar-refractivity contribution in [1.29, 1.82) is 0 Å². The second-order valence-corrected chi connectivity index (χ2v) is 14.4. The Morgan fingerprint density at radius 2 is 1.54 bits per heavy atom. The molecular weight excluding hydrogens is 391 g/mol. The first kappa shape index (κ1) is 19.9. The third-order valence-electron chi connectivity index (χ3n) is 7.54. The first-order chi connectivity index (χ1) is 12.5. The monoisotopic (exact) mass is 422 g/mol. The molecule has 0 aromatic carbocycles. The third-order valence-corrected chi connectivity index (χ3v) is 13.8. The Morgan fingerprint density at radius 1 is 0.885 bits per heavy atom. The van der Waals surface area contributed by atoms with Crippen LogP contribution in [0.15, 0.2) is 0 Å². The fourth-order valence-corrected chi connectivity index (χ4v) is 13.1. The van der Waals surface area contributed by atoms with Crippen molar-refractivity contribution in [2.75, 3.05) is 0 Å². The minimum Gasteiger partial charge on any atom is -0.285 e. The highest BCUT2D eigenvalue weighted by molar-refractivity contribution is 7.95. The Hall–Kier alpha value is 0.610. The Kier molecular flexibility index (Phi) is 6.24. The fraction of sp³-hybridized carbons (Fsp3) is 1.00. The van der Waals surface area contributed by atoms with Crippen LogP contribution in [0.25, 0.3) is 0 Å². The Balaban J connectivity index is 1.58. The van der Waals surface area contributed by atoms with Crippen LogP contribution in [0.3, 0.4) is 0 Å². The summed E-state index contributed by atoms with van der Waals surface area (Å²) < 4.78 is 37.6. The van der Waals surface area contributed by atoms with E-state index in [4.69, 9.17) is 5.26 Å². The van der Waals surface area contributed by atoms with Crippen molar-refractivity contribution in [1.82, 2.24) is 0 Å². The van der Waals surface area contributed by atoms with Crippen molar-refractivity contribution in [3.63, 3.8) is 0 Å². The Labute approximate surface area is 162 Å². The topological polar surface area (TPSA) is 83.8 Å². The molecule has 4 fully saturated rings. The van der Waals surface area contributed by atoms with Gasteiger partial charge in [-0.15, -0.1) is 0 Å². The summed E-state index contributed by atoms with van der Waals surface area (Å²) in [5, 5.41) is 8.60. The zero-order valence-corrected chi connectivity index (χ0v) is 17.7. The Bertz CT molecular complexity index is 594. The maximum atomic E-state index is 11.8. The normalized spacial score (nSPS) is 44.5. The smallest absolute Gasteiger partial charge is 0.267 e. The summed E-state index contributed by atoms with van der Waals surface area (Å²) in [7, 11) is -3.98. The van der Waals surface area contributed by atoms with Crippen molar-refractivity contribution in [3.05, 3.63) is 0 Å². The quantitative estimate of drug-likeness (QED) is 0.220. The van der Waals surface area contributed by atoms with E-state index in [2.05, 4.69) is 4.33 Å². The van der Waals surface area contributed by atoms with Gasteiger partial charge in [0.2, 0.25) is 0 Å². The summed E-state index contributed by atoms with van der Waals surface area (Å²) in [6, 6.07) is 0. The molecule has 5 nitrogen and oxygen atoms in total. The molecule has 1 heterocycles. The summed E-state index contributed by atoms with van der Waals surface area (Å²) >= 11 is 1.18. The van der Waals surface area contributed by atoms with Crippen molar-refractivity contribution < 1.29 is 22.6 Å². The van der Waals surface area contributed by atoms with E-state index in [1.165, 1.54) is 50.6 Å². The molecule has 3 saturated carbocycles. The first-order valence-corrected chi connectivity index (χ1v) is 14.1. The summed E-state index contributed by atoms with van der Waals surface area (Å²) in [5.41, 5.74) is 2.33. The van der Waals surface area contributed by atoms with Crippen LogP contribution in [0, 0.1) is 11.8 Å². The predicted octanol–water partition coefficient (Wildman–Crippen LogP) is 4.91. The summed E-state index contributed by atoms with van der Waals surface area (Å²) in [6.07, 6.45) is 12.5. The molecule has 0 spiro atoms. The fourth-order valence-electron chi connectivity index (χ4n) is 6.54. The molecule has 3 aliphatic carbocycles. The average molecular weight is 423 g/mol. The molecule has 4 aliphatic rings. The molecule has 26 heavy (non-hydrogen) atoms. The molecule has 0 bridgehead atoms. The van der Waals surface area contributed by atoms with Crippen LogP contribution in [0.4, 0.5) is 0 Å². The zero-order chi connectivity index (χ0) is 18.3. The number of hydrogen-bond donors (Lipinski definition) is 2. The number of fused-ring (bicyclic) bond motifs is 3. The minimum atomic E-state index is -3.93. The van der Waals surface area contributed by atoms with Crippen LogP contribution in [-0.4, -0.2) is 45.7 Å². The van der Waals surface area contributed by atoms with Crippen LogP contribution in [0.1, 0.15) is 70.6 Å². The lowest BCUT2D eigenvalue weighted by Crippen LogP contribution is -2.37. The van der Waals surface area contributed by atoms with Gasteiger partial charge in [0, 0.05) is 17.3 Å². The second kappa shape index (κ2) is 8.16. The first-order valence-electron chi connectivity index (χ1n) is 10.2. The summed E-state index contributed by atoms with van der Waals surface area (Å²) in [5.74, 6) is 0.995. The van der Waals surface area contributed by atoms with Gasteiger partial charge in [-0.2, -0.15) is 12.8 Å². The van der Waals surface area contributed by atoms with Gasteiger partial charge >= 0.3 is 0 Å². The molecule has 0 amide bonds. The summed E-state index contributed by atoms with van der Waals surface area (Å²) in [6.45, 7) is 0. The summed E-state index contributed by atoms with van der Waals surface area (Å²) in [4.78, 5) is 0. The molecule has 1 saturated heterocycles. The van der Waals surface area contributed by atoms with E-state index in [-0.39, 0.29) is 7.92 Å². The zero-order valence-electron chi connectivity index (χ0n) is 15.2. The van der Waals surface area contributed by atoms with Crippen molar-refractivity contribution in [3.8, 4) is 0 Å². The third kappa shape index (κ3) is 3.86. The van der Waals surface area contributed by atoms with E-state index in [9.17, 15) is 13.0 Å². The van der Waals surface area contributed by atoms with Crippen molar-refractivity contribution in [2.45, 2.75) is 98.1 Å². The van der Waals surface area contributed by atoms with E-state index >= 15 is 0 Å². The van der Waals surface area contributed by atoms with Crippen LogP contribution >= 0.6 is 20.0 Å².